The molecular formula is C17H18F3N3O. The second kappa shape index (κ2) is 6.30. The molecule has 1 aromatic heterocycles. The van der Waals surface area contributed by atoms with E-state index in [-0.39, 0.29) is 11.6 Å². The predicted molar refractivity (Wildman–Crippen MR) is 83.9 cm³/mol. The number of alkyl halides is 3. The zero-order valence-electron chi connectivity index (χ0n) is 13.2. The van der Waals surface area contributed by atoms with Gasteiger partial charge in [-0.05, 0) is 38.0 Å². The molecule has 1 heterocycles. The number of aryl methyl sites for hydroxylation is 1. The largest absolute Gasteiger partial charge is 0.416 e. The third kappa shape index (κ3) is 3.44. The minimum atomic E-state index is -4.47. The van der Waals surface area contributed by atoms with Crippen LogP contribution in [0.3, 0.4) is 0 Å². The van der Waals surface area contributed by atoms with Gasteiger partial charge in [-0.3, -0.25) is 4.79 Å². The number of benzene rings is 1. The van der Waals surface area contributed by atoms with Gasteiger partial charge in [0.15, 0.2) is 0 Å². The van der Waals surface area contributed by atoms with Gasteiger partial charge in [-0.15, -0.1) is 0 Å². The fraction of sp³-hybridized carbons (Fsp3) is 0.412. The fourth-order valence-corrected chi connectivity index (χ4v) is 3.06. The molecule has 1 fully saturated rings. The number of nitrogens with one attached hydrogen (secondary N) is 1. The van der Waals surface area contributed by atoms with Crippen LogP contribution in [-0.4, -0.2) is 15.7 Å². The molecule has 4 nitrogen and oxygen atoms in total. The Labute approximate surface area is 137 Å². The Kier molecular flexibility index (Phi) is 4.34. The number of aromatic nitrogens is 2. The van der Waals surface area contributed by atoms with Crippen LogP contribution in [0.25, 0.3) is 0 Å². The SMILES string of the molecule is Cc1cc(NC(=O)c2cccc(C(F)(F)F)c2)n(C2CCCC2)n1. The van der Waals surface area contributed by atoms with E-state index in [0.717, 1.165) is 43.5 Å². The quantitative estimate of drug-likeness (QED) is 0.891. The third-order valence-electron chi connectivity index (χ3n) is 4.22. The molecule has 128 valence electrons. The van der Waals surface area contributed by atoms with Gasteiger partial charge in [0.05, 0.1) is 17.3 Å². The minimum absolute atomic E-state index is 0.0262. The third-order valence-corrected chi connectivity index (χ3v) is 4.22. The molecule has 1 aliphatic rings. The number of hydrogen-bond donors (Lipinski definition) is 1. The summed E-state index contributed by atoms with van der Waals surface area (Å²) in [4.78, 5) is 12.4. The molecule has 0 radical (unpaired) electrons. The Morgan fingerprint density at radius 2 is 1.96 bits per heavy atom. The monoisotopic (exact) mass is 337 g/mol. The van der Waals surface area contributed by atoms with E-state index in [2.05, 4.69) is 10.4 Å². The van der Waals surface area contributed by atoms with Crippen molar-refractivity contribution >= 4 is 11.7 Å². The highest BCUT2D eigenvalue weighted by atomic mass is 19.4. The van der Waals surface area contributed by atoms with E-state index in [4.69, 9.17) is 0 Å². The van der Waals surface area contributed by atoms with Crippen LogP contribution in [0.1, 0.15) is 53.3 Å². The Balaban J connectivity index is 1.83. The van der Waals surface area contributed by atoms with Crippen molar-refractivity contribution in [1.29, 1.82) is 0 Å². The summed E-state index contributed by atoms with van der Waals surface area (Å²) in [5, 5.41) is 7.12. The van der Waals surface area contributed by atoms with Crippen LogP contribution >= 0.6 is 0 Å². The van der Waals surface area contributed by atoms with Gasteiger partial charge >= 0.3 is 6.18 Å². The summed E-state index contributed by atoms with van der Waals surface area (Å²) in [6, 6.07) is 6.38. The van der Waals surface area contributed by atoms with Crippen molar-refractivity contribution in [1.82, 2.24) is 9.78 Å². The highest BCUT2D eigenvalue weighted by Gasteiger charge is 2.31. The van der Waals surface area contributed by atoms with Gasteiger partial charge in [0.1, 0.15) is 5.82 Å². The second-order valence-electron chi connectivity index (χ2n) is 6.09. The maximum Gasteiger partial charge on any atom is 0.416 e. The zero-order valence-corrected chi connectivity index (χ0v) is 13.2. The van der Waals surface area contributed by atoms with Crippen molar-refractivity contribution in [3.63, 3.8) is 0 Å². The van der Waals surface area contributed by atoms with Gasteiger partial charge in [-0.25, -0.2) is 4.68 Å². The molecule has 0 aliphatic heterocycles. The summed E-state index contributed by atoms with van der Waals surface area (Å²) in [6.07, 6.45) is -0.255. The normalized spacial score (nSPS) is 15.7. The first-order valence-corrected chi connectivity index (χ1v) is 7.89. The number of carbonyl (C=O) groups excluding carboxylic acids is 1. The summed E-state index contributed by atoms with van der Waals surface area (Å²) in [7, 11) is 0. The average molecular weight is 337 g/mol. The van der Waals surface area contributed by atoms with E-state index in [1.165, 1.54) is 12.1 Å². The molecule has 1 N–H and O–H groups in total. The molecule has 2 aromatic rings. The van der Waals surface area contributed by atoms with Crippen LogP contribution in [0.5, 0.6) is 0 Å². The summed E-state index contributed by atoms with van der Waals surface area (Å²) in [5.41, 5.74) is -0.0986. The van der Waals surface area contributed by atoms with Gasteiger partial charge < -0.3 is 5.32 Å². The number of halogens is 3. The van der Waals surface area contributed by atoms with Crippen molar-refractivity contribution in [3.8, 4) is 0 Å². The van der Waals surface area contributed by atoms with E-state index in [1.54, 1.807) is 10.7 Å². The lowest BCUT2D eigenvalue weighted by Gasteiger charge is -2.15. The Morgan fingerprint density at radius 3 is 2.62 bits per heavy atom. The minimum Gasteiger partial charge on any atom is -0.307 e. The van der Waals surface area contributed by atoms with Crippen LogP contribution in [0, 0.1) is 6.92 Å². The van der Waals surface area contributed by atoms with Crippen LogP contribution in [0.4, 0.5) is 19.0 Å². The predicted octanol–water partition coefficient (Wildman–Crippen LogP) is 4.58. The highest BCUT2D eigenvalue weighted by molar-refractivity contribution is 6.04. The molecule has 1 aliphatic carbocycles. The van der Waals surface area contributed by atoms with Crippen LogP contribution < -0.4 is 5.32 Å². The van der Waals surface area contributed by atoms with Crippen molar-refractivity contribution in [2.75, 3.05) is 5.32 Å². The van der Waals surface area contributed by atoms with Gasteiger partial charge in [0.2, 0.25) is 0 Å². The Bertz CT molecular complexity index is 746. The van der Waals surface area contributed by atoms with Crippen LogP contribution in [0.2, 0.25) is 0 Å². The molecule has 1 amide bonds. The zero-order chi connectivity index (χ0) is 17.3. The first-order chi connectivity index (χ1) is 11.3. The molecule has 1 aromatic carbocycles. The maximum absolute atomic E-state index is 12.8. The average Bonchev–Trinajstić information content (AvgIpc) is 3.16. The van der Waals surface area contributed by atoms with E-state index in [9.17, 15) is 18.0 Å². The molecule has 0 spiro atoms. The van der Waals surface area contributed by atoms with Crippen LogP contribution in [0.15, 0.2) is 30.3 Å². The fourth-order valence-electron chi connectivity index (χ4n) is 3.06. The summed E-state index contributed by atoms with van der Waals surface area (Å²) >= 11 is 0. The molecule has 0 bridgehead atoms. The first-order valence-electron chi connectivity index (χ1n) is 7.89. The number of amides is 1. The number of rotatable bonds is 3. The molecule has 0 unspecified atom stereocenters. The lowest BCUT2D eigenvalue weighted by molar-refractivity contribution is -0.137. The molecule has 24 heavy (non-hydrogen) atoms. The number of anilines is 1. The molecule has 7 heteroatoms. The number of nitrogens with zero attached hydrogens (tertiary/aromatic N) is 2. The smallest absolute Gasteiger partial charge is 0.307 e. The lowest BCUT2D eigenvalue weighted by atomic mass is 10.1. The van der Waals surface area contributed by atoms with Crippen molar-refractivity contribution in [3.05, 3.63) is 47.2 Å². The topological polar surface area (TPSA) is 46.9 Å². The van der Waals surface area contributed by atoms with Gasteiger partial charge in [0, 0.05) is 11.6 Å². The van der Waals surface area contributed by atoms with Gasteiger partial charge in [0.25, 0.3) is 5.91 Å². The highest BCUT2D eigenvalue weighted by Crippen LogP contribution is 2.32. The first kappa shape index (κ1) is 16.5. The molecule has 1 saturated carbocycles. The standard InChI is InChI=1S/C17H18F3N3O/c1-11-9-15(23(22-11)14-7-2-3-8-14)21-16(24)12-5-4-6-13(10-12)17(18,19)20/h4-6,9-10,14H,2-3,7-8H2,1H3,(H,21,24). The van der Waals surface area contributed by atoms with Crippen molar-refractivity contribution in [2.45, 2.75) is 44.8 Å². The molecule has 0 saturated heterocycles. The molecular weight excluding hydrogens is 319 g/mol. The number of hydrogen-bond acceptors (Lipinski definition) is 2. The molecule has 0 atom stereocenters. The van der Waals surface area contributed by atoms with E-state index >= 15 is 0 Å². The molecule has 3 rings (SSSR count). The summed E-state index contributed by atoms with van der Waals surface area (Å²) in [5.74, 6) is -0.0398. The van der Waals surface area contributed by atoms with E-state index in [0.29, 0.717) is 5.82 Å². The lowest BCUT2D eigenvalue weighted by Crippen LogP contribution is -2.18. The Morgan fingerprint density at radius 1 is 1.25 bits per heavy atom. The Hall–Kier alpha value is -2.31. The van der Waals surface area contributed by atoms with E-state index < -0.39 is 17.6 Å². The van der Waals surface area contributed by atoms with E-state index in [1.807, 2.05) is 6.92 Å². The van der Waals surface area contributed by atoms with Gasteiger partial charge in [-0.2, -0.15) is 18.3 Å². The number of carbonyl (C=O) groups is 1. The summed E-state index contributed by atoms with van der Waals surface area (Å²) in [6.45, 7) is 1.82. The van der Waals surface area contributed by atoms with Crippen LogP contribution in [-0.2, 0) is 6.18 Å². The second-order valence-corrected chi connectivity index (χ2v) is 6.09. The van der Waals surface area contributed by atoms with Crippen molar-refractivity contribution in [2.24, 2.45) is 0 Å². The summed E-state index contributed by atoms with van der Waals surface area (Å²) < 4.78 is 40.1. The van der Waals surface area contributed by atoms with Crippen molar-refractivity contribution < 1.29 is 18.0 Å². The maximum atomic E-state index is 12.8. The van der Waals surface area contributed by atoms with Gasteiger partial charge in [-0.1, -0.05) is 18.9 Å².